The number of benzene rings is 3. The second-order valence-electron chi connectivity index (χ2n) is 6.08. The average molecular weight is 363 g/mol. The van der Waals surface area contributed by atoms with E-state index >= 15 is 0 Å². The van der Waals surface area contributed by atoms with E-state index in [9.17, 15) is 9.59 Å². The smallest absolute Gasteiger partial charge is 0.351 e. The van der Waals surface area contributed by atoms with Crippen LogP contribution in [0.3, 0.4) is 0 Å². The molecule has 0 spiro atoms. The maximum absolute atomic E-state index is 12.1. The molecule has 0 fully saturated rings. The van der Waals surface area contributed by atoms with Crippen molar-refractivity contribution in [1.82, 2.24) is 0 Å². The Morgan fingerprint density at radius 3 is 2.56 bits per heavy atom. The highest BCUT2D eigenvalue weighted by Crippen LogP contribution is 2.31. The van der Waals surface area contributed by atoms with Gasteiger partial charge < -0.3 is 19.5 Å². The summed E-state index contributed by atoms with van der Waals surface area (Å²) >= 11 is 0. The summed E-state index contributed by atoms with van der Waals surface area (Å²) in [6, 6.07) is 20.5. The Bertz CT molecular complexity index is 1000. The van der Waals surface area contributed by atoms with Gasteiger partial charge in [0.1, 0.15) is 6.61 Å². The summed E-state index contributed by atoms with van der Waals surface area (Å²) < 4.78 is 16.1. The first-order chi connectivity index (χ1) is 13.2. The number of carbonyl (C=O) groups excluding carboxylic acids is 2. The topological polar surface area (TPSA) is 73.9 Å². The largest absolute Gasteiger partial charge is 0.485 e. The van der Waals surface area contributed by atoms with Crippen LogP contribution in [-0.2, 0) is 14.3 Å². The molecule has 136 valence electrons. The van der Waals surface area contributed by atoms with Crippen LogP contribution in [0.5, 0.6) is 11.5 Å². The number of hydrogen-bond acceptors (Lipinski definition) is 5. The minimum atomic E-state index is -0.895. The van der Waals surface area contributed by atoms with Gasteiger partial charge in [-0.05, 0) is 35.0 Å². The highest BCUT2D eigenvalue weighted by molar-refractivity contribution is 5.95. The molecule has 27 heavy (non-hydrogen) atoms. The molecule has 0 radical (unpaired) electrons. The van der Waals surface area contributed by atoms with Crippen LogP contribution in [0.1, 0.15) is 0 Å². The lowest BCUT2D eigenvalue weighted by atomic mass is 10.1. The maximum Gasteiger partial charge on any atom is 0.351 e. The van der Waals surface area contributed by atoms with Crippen LogP contribution in [0, 0.1) is 0 Å². The fraction of sp³-hybridized carbons (Fsp3) is 0.143. The highest BCUT2D eigenvalue weighted by atomic mass is 16.6. The predicted octanol–water partition coefficient (Wildman–Crippen LogP) is 3.16. The van der Waals surface area contributed by atoms with Crippen LogP contribution in [-0.4, -0.2) is 31.2 Å². The molecule has 0 saturated carbocycles. The van der Waals surface area contributed by atoms with Crippen LogP contribution >= 0.6 is 0 Å². The normalized spacial score (nSPS) is 15.2. The van der Waals surface area contributed by atoms with Crippen molar-refractivity contribution in [3.05, 3.63) is 66.7 Å². The number of hydrogen-bond donors (Lipinski definition) is 1. The zero-order chi connectivity index (χ0) is 18.6. The molecule has 1 N–H and O–H groups in total. The molecule has 0 aromatic heterocycles. The first kappa shape index (κ1) is 16.9. The third-order valence-corrected chi connectivity index (χ3v) is 4.15. The van der Waals surface area contributed by atoms with E-state index < -0.39 is 24.6 Å². The number of fused-ring (bicyclic) bond motifs is 2. The number of rotatable bonds is 4. The fourth-order valence-corrected chi connectivity index (χ4v) is 2.83. The van der Waals surface area contributed by atoms with E-state index in [-0.39, 0.29) is 6.61 Å². The Kier molecular flexibility index (Phi) is 4.61. The van der Waals surface area contributed by atoms with Gasteiger partial charge >= 0.3 is 5.97 Å². The van der Waals surface area contributed by atoms with Crippen LogP contribution < -0.4 is 14.8 Å². The molecule has 3 aromatic rings. The number of esters is 1. The number of amides is 1. The van der Waals surface area contributed by atoms with Gasteiger partial charge in [-0.25, -0.2) is 4.79 Å². The summed E-state index contributed by atoms with van der Waals surface area (Å²) in [6.45, 7) is -0.352. The van der Waals surface area contributed by atoms with E-state index in [4.69, 9.17) is 14.2 Å². The number of ether oxygens (including phenoxy) is 3. The molecular weight excluding hydrogens is 346 g/mol. The van der Waals surface area contributed by atoms with Crippen LogP contribution in [0.2, 0.25) is 0 Å². The van der Waals surface area contributed by atoms with Gasteiger partial charge in [-0.3, -0.25) is 4.79 Å². The van der Waals surface area contributed by atoms with Gasteiger partial charge in [-0.15, -0.1) is 0 Å². The summed E-state index contributed by atoms with van der Waals surface area (Å²) in [5, 5.41) is 4.81. The average Bonchev–Trinajstić information content (AvgIpc) is 2.71. The van der Waals surface area contributed by atoms with Gasteiger partial charge in [0.25, 0.3) is 5.91 Å². The van der Waals surface area contributed by atoms with Crippen LogP contribution in [0.15, 0.2) is 66.7 Å². The van der Waals surface area contributed by atoms with Crippen molar-refractivity contribution >= 4 is 28.3 Å². The minimum absolute atomic E-state index is 0.0438. The summed E-state index contributed by atoms with van der Waals surface area (Å²) in [4.78, 5) is 24.2. The molecule has 0 unspecified atom stereocenters. The van der Waals surface area contributed by atoms with E-state index in [2.05, 4.69) is 5.32 Å². The zero-order valence-corrected chi connectivity index (χ0v) is 14.4. The van der Waals surface area contributed by atoms with Crippen molar-refractivity contribution in [2.24, 2.45) is 0 Å². The molecule has 1 amide bonds. The van der Waals surface area contributed by atoms with E-state index in [1.54, 1.807) is 24.3 Å². The highest BCUT2D eigenvalue weighted by Gasteiger charge is 2.29. The fourth-order valence-electron chi connectivity index (χ4n) is 2.83. The molecule has 1 aliphatic heterocycles. The standard InChI is InChI=1S/C21H17NO5/c23-20(22-16-10-9-14-5-1-2-6-15(14)11-16)13-26-21(24)19-12-25-17-7-3-4-8-18(17)27-19/h1-11,19H,12-13H2,(H,22,23)/t19-/m1/s1. The molecule has 1 atom stereocenters. The second-order valence-corrected chi connectivity index (χ2v) is 6.08. The molecule has 0 aliphatic carbocycles. The van der Waals surface area contributed by atoms with Crippen LogP contribution in [0.25, 0.3) is 10.8 Å². The first-order valence-electron chi connectivity index (χ1n) is 8.53. The van der Waals surface area contributed by atoms with E-state index in [0.29, 0.717) is 17.2 Å². The Labute approximate surface area is 155 Å². The molecule has 4 rings (SSSR count). The molecule has 1 heterocycles. The lowest BCUT2D eigenvalue weighted by molar-refractivity contribution is -0.156. The summed E-state index contributed by atoms with van der Waals surface area (Å²) in [5.74, 6) is -0.00386. The van der Waals surface area contributed by atoms with E-state index in [1.807, 2.05) is 42.5 Å². The van der Waals surface area contributed by atoms with Gasteiger partial charge in [0, 0.05) is 5.69 Å². The number of carbonyl (C=O) groups is 2. The van der Waals surface area contributed by atoms with Crippen molar-refractivity contribution < 1.29 is 23.8 Å². The third kappa shape index (κ3) is 3.84. The van der Waals surface area contributed by atoms with Gasteiger partial charge in [-0.1, -0.05) is 42.5 Å². The Balaban J connectivity index is 1.31. The van der Waals surface area contributed by atoms with Crippen LogP contribution in [0.4, 0.5) is 5.69 Å². The van der Waals surface area contributed by atoms with Crippen molar-refractivity contribution in [2.45, 2.75) is 6.10 Å². The number of anilines is 1. The molecule has 3 aromatic carbocycles. The Morgan fingerprint density at radius 1 is 0.963 bits per heavy atom. The van der Waals surface area contributed by atoms with Crippen molar-refractivity contribution in [3.8, 4) is 11.5 Å². The van der Waals surface area contributed by atoms with E-state index in [1.165, 1.54) is 0 Å². The molecule has 6 heteroatoms. The maximum atomic E-state index is 12.1. The zero-order valence-electron chi connectivity index (χ0n) is 14.4. The van der Waals surface area contributed by atoms with Gasteiger partial charge in [0.05, 0.1) is 0 Å². The lowest BCUT2D eigenvalue weighted by Crippen LogP contribution is -2.39. The summed E-state index contributed by atoms with van der Waals surface area (Å²) in [7, 11) is 0. The Hall–Kier alpha value is -3.54. The lowest BCUT2D eigenvalue weighted by Gasteiger charge is -2.24. The molecule has 0 saturated heterocycles. The summed E-state index contributed by atoms with van der Waals surface area (Å²) in [5.41, 5.74) is 0.640. The van der Waals surface area contributed by atoms with Crippen molar-refractivity contribution in [3.63, 3.8) is 0 Å². The Morgan fingerprint density at radius 2 is 1.70 bits per heavy atom. The van der Waals surface area contributed by atoms with Gasteiger partial charge in [0.2, 0.25) is 6.10 Å². The third-order valence-electron chi connectivity index (χ3n) is 4.15. The van der Waals surface area contributed by atoms with Gasteiger partial charge in [-0.2, -0.15) is 0 Å². The quantitative estimate of drug-likeness (QED) is 0.721. The number of nitrogens with one attached hydrogen (secondary N) is 1. The molecule has 0 bridgehead atoms. The van der Waals surface area contributed by atoms with Crippen molar-refractivity contribution in [1.29, 1.82) is 0 Å². The van der Waals surface area contributed by atoms with Crippen molar-refractivity contribution in [2.75, 3.05) is 18.5 Å². The summed E-state index contributed by atoms with van der Waals surface area (Å²) in [6.07, 6.45) is -0.895. The van der Waals surface area contributed by atoms with E-state index in [0.717, 1.165) is 10.8 Å². The monoisotopic (exact) mass is 363 g/mol. The molecular formula is C21H17NO5. The second kappa shape index (κ2) is 7.37. The minimum Gasteiger partial charge on any atom is -0.485 e. The predicted molar refractivity (Wildman–Crippen MR) is 99.9 cm³/mol. The van der Waals surface area contributed by atoms with Gasteiger partial charge in [0.15, 0.2) is 18.1 Å². The first-order valence-corrected chi connectivity index (χ1v) is 8.53. The molecule has 6 nitrogen and oxygen atoms in total. The molecule has 1 aliphatic rings. The number of para-hydroxylation sites is 2. The SMILES string of the molecule is O=C(COC(=O)[C@H]1COc2ccccc2O1)Nc1ccc2ccccc2c1.